The van der Waals surface area contributed by atoms with Crippen molar-refractivity contribution in [3.8, 4) is 0 Å². The van der Waals surface area contributed by atoms with Crippen LogP contribution in [0.4, 0.5) is 4.39 Å². The molecule has 0 bridgehead atoms. The Morgan fingerprint density at radius 1 is 1.50 bits per heavy atom. The number of amidine groups is 1. The Bertz CT molecular complexity index is 528. The first-order valence-corrected chi connectivity index (χ1v) is 6.64. The summed E-state index contributed by atoms with van der Waals surface area (Å²) in [6.45, 7) is 1.68. The van der Waals surface area contributed by atoms with Crippen LogP contribution in [0, 0.1) is 5.82 Å². The lowest BCUT2D eigenvalue weighted by Gasteiger charge is -2.15. The molecule has 1 unspecified atom stereocenters. The fourth-order valence-corrected chi connectivity index (χ4v) is 2.58. The quantitative estimate of drug-likeness (QED) is 0.317. The lowest BCUT2D eigenvalue weighted by Crippen LogP contribution is -2.44. The van der Waals surface area contributed by atoms with Gasteiger partial charge < -0.3 is 10.9 Å². The lowest BCUT2D eigenvalue weighted by molar-refractivity contribution is 0.315. The van der Waals surface area contributed by atoms with E-state index in [4.69, 9.17) is 10.9 Å². The summed E-state index contributed by atoms with van der Waals surface area (Å²) in [7, 11) is -3.83. The zero-order chi connectivity index (χ0) is 13.8. The van der Waals surface area contributed by atoms with Crippen molar-refractivity contribution in [2.24, 2.45) is 10.9 Å². The van der Waals surface area contributed by atoms with Gasteiger partial charge in [-0.05, 0) is 30.7 Å². The molecule has 1 aromatic rings. The molecule has 100 valence electrons. The van der Waals surface area contributed by atoms with Gasteiger partial charge in [0.2, 0.25) is 10.0 Å². The van der Waals surface area contributed by atoms with Crippen molar-refractivity contribution in [3.05, 3.63) is 30.1 Å². The van der Waals surface area contributed by atoms with Crippen LogP contribution >= 0.6 is 0 Å². The third-order valence-corrected chi connectivity index (χ3v) is 3.79. The number of hydrogen-bond donors (Lipinski definition) is 3. The molecule has 0 aliphatic heterocycles. The standard InChI is InChI=1S/C10H14FN3O3S/c1-2-9(10(12)13-15)14-18(16,17)8-5-3-7(11)4-6-8/h3-6,9,14-15H,2H2,1H3,(H2,12,13). The van der Waals surface area contributed by atoms with E-state index in [-0.39, 0.29) is 10.7 Å². The number of rotatable bonds is 5. The molecule has 0 radical (unpaired) electrons. The van der Waals surface area contributed by atoms with Crippen LogP contribution in [0.25, 0.3) is 0 Å². The zero-order valence-electron chi connectivity index (χ0n) is 9.67. The molecule has 4 N–H and O–H groups in total. The molecule has 18 heavy (non-hydrogen) atoms. The topological polar surface area (TPSA) is 105 Å². The van der Waals surface area contributed by atoms with Crippen LogP contribution in [0.3, 0.4) is 0 Å². The van der Waals surface area contributed by atoms with Crippen LogP contribution in [0.2, 0.25) is 0 Å². The fourth-order valence-electron chi connectivity index (χ4n) is 1.29. The molecule has 1 aromatic carbocycles. The first kappa shape index (κ1) is 14.4. The highest BCUT2D eigenvalue weighted by Crippen LogP contribution is 2.10. The van der Waals surface area contributed by atoms with Gasteiger partial charge in [-0.2, -0.15) is 0 Å². The molecule has 0 saturated heterocycles. The van der Waals surface area contributed by atoms with Crippen molar-refractivity contribution < 1.29 is 18.0 Å². The number of nitrogens with one attached hydrogen (secondary N) is 1. The van der Waals surface area contributed by atoms with E-state index in [1.165, 1.54) is 0 Å². The van der Waals surface area contributed by atoms with E-state index in [0.717, 1.165) is 24.3 Å². The van der Waals surface area contributed by atoms with Crippen molar-refractivity contribution in [2.75, 3.05) is 0 Å². The molecule has 0 aliphatic carbocycles. The summed E-state index contributed by atoms with van der Waals surface area (Å²) in [6.07, 6.45) is 0.316. The normalized spacial score (nSPS) is 14.4. The van der Waals surface area contributed by atoms with Gasteiger partial charge in [0, 0.05) is 0 Å². The van der Waals surface area contributed by atoms with Crippen LogP contribution in [0.5, 0.6) is 0 Å². The van der Waals surface area contributed by atoms with E-state index >= 15 is 0 Å². The SMILES string of the molecule is CCC(NS(=O)(=O)c1ccc(F)cc1)/C(N)=N/O. The maximum Gasteiger partial charge on any atom is 0.241 e. The summed E-state index contributed by atoms with van der Waals surface area (Å²) < 4.78 is 38.8. The largest absolute Gasteiger partial charge is 0.409 e. The van der Waals surface area contributed by atoms with E-state index < -0.39 is 21.9 Å². The Labute approximate surface area is 104 Å². The third kappa shape index (κ3) is 3.41. The monoisotopic (exact) mass is 275 g/mol. The number of nitrogens with zero attached hydrogens (tertiary/aromatic N) is 1. The van der Waals surface area contributed by atoms with Gasteiger partial charge in [0.25, 0.3) is 0 Å². The Kier molecular flexibility index (Phi) is 4.62. The average Bonchev–Trinajstić information content (AvgIpc) is 2.35. The van der Waals surface area contributed by atoms with Gasteiger partial charge in [0.05, 0.1) is 10.9 Å². The number of halogens is 1. The Balaban J connectivity index is 2.97. The second-order valence-electron chi connectivity index (χ2n) is 3.56. The number of oxime groups is 1. The molecule has 0 spiro atoms. The molecular formula is C10H14FN3O3S. The molecule has 0 aliphatic rings. The van der Waals surface area contributed by atoms with Gasteiger partial charge in [-0.15, -0.1) is 0 Å². The smallest absolute Gasteiger partial charge is 0.241 e. The summed E-state index contributed by atoms with van der Waals surface area (Å²) in [4.78, 5) is -0.0897. The predicted molar refractivity (Wildman–Crippen MR) is 64.2 cm³/mol. The third-order valence-electron chi connectivity index (χ3n) is 2.30. The molecule has 0 aromatic heterocycles. The molecule has 0 heterocycles. The summed E-state index contributed by atoms with van der Waals surface area (Å²) in [5, 5.41) is 11.3. The summed E-state index contributed by atoms with van der Waals surface area (Å²) in [6, 6.07) is 3.54. The Hall–Kier alpha value is -1.67. The van der Waals surface area contributed by atoms with Crippen molar-refractivity contribution in [1.82, 2.24) is 4.72 Å². The number of benzene rings is 1. The minimum atomic E-state index is -3.83. The average molecular weight is 275 g/mol. The maximum atomic E-state index is 12.7. The van der Waals surface area contributed by atoms with Gasteiger partial charge in [0.1, 0.15) is 5.82 Å². The lowest BCUT2D eigenvalue weighted by atomic mass is 10.2. The highest BCUT2D eigenvalue weighted by molar-refractivity contribution is 7.89. The minimum absolute atomic E-state index is 0.0897. The second kappa shape index (κ2) is 5.78. The van der Waals surface area contributed by atoms with Crippen molar-refractivity contribution in [2.45, 2.75) is 24.3 Å². The highest BCUT2D eigenvalue weighted by atomic mass is 32.2. The number of nitrogens with two attached hydrogens (primary N) is 1. The van der Waals surface area contributed by atoms with E-state index in [9.17, 15) is 12.8 Å². The highest BCUT2D eigenvalue weighted by Gasteiger charge is 2.21. The van der Waals surface area contributed by atoms with Gasteiger partial charge >= 0.3 is 0 Å². The van der Waals surface area contributed by atoms with E-state index in [0.29, 0.717) is 6.42 Å². The van der Waals surface area contributed by atoms with Crippen molar-refractivity contribution in [3.63, 3.8) is 0 Å². The molecule has 1 atom stereocenters. The molecule has 0 fully saturated rings. The van der Waals surface area contributed by atoms with Crippen LogP contribution in [-0.2, 0) is 10.0 Å². The van der Waals surface area contributed by atoms with Gasteiger partial charge in [-0.25, -0.2) is 17.5 Å². The van der Waals surface area contributed by atoms with Crippen LogP contribution in [0.1, 0.15) is 13.3 Å². The van der Waals surface area contributed by atoms with Crippen molar-refractivity contribution in [1.29, 1.82) is 0 Å². The van der Waals surface area contributed by atoms with E-state index in [2.05, 4.69) is 9.88 Å². The summed E-state index contributed by atoms with van der Waals surface area (Å²) in [5.41, 5.74) is 5.35. The van der Waals surface area contributed by atoms with Gasteiger partial charge in [0.15, 0.2) is 5.84 Å². The molecule has 0 saturated carbocycles. The van der Waals surface area contributed by atoms with E-state index in [1.807, 2.05) is 0 Å². The Morgan fingerprint density at radius 3 is 2.50 bits per heavy atom. The van der Waals surface area contributed by atoms with Gasteiger partial charge in [-0.3, -0.25) is 0 Å². The second-order valence-corrected chi connectivity index (χ2v) is 5.27. The maximum absolute atomic E-state index is 12.7. The molecule has 6 nitrogen and oxygen atoms in total. The van der Waals surface area contributed by atoms with Crippen LogP contribution in [-0.4, -0.2) is 25.5 Å². The first-order chi connectivity index (χ1) is 8.40. The molecular weight excluding hydrogens is 261 g/mol. The number of sulfonamides is 1. The molecule has 0 amide bonds. The first-order valence-electron chi connectivity index (χ1n) is 5.16. The predicted octanol–water partition coefficient (Wildman–Crippen LogP) is 0.629. The van der Waals surface area contributed by atoms with Crippen molar-refractivity contribution >= 4 is 15.9 Å². The number of hydrogen-bond acceptors (Lipinski definition) is 4. The Morgan fingerprint density at radius 2 is 2.06 bits per heavy atom. The van der Waals surface area contributed by atoms with E-state index in [1.54, 1.807) is 6.92 Å². The van der Waals surface area contributed by atoms with Crippen LogP contribution < -0.4 is 10.5 Å². The fraction of sp³-hybridized carbons (Fsp3) is 0.300. The molecule has 8 heteroatoms. The summed E-state index contributed by atoms with van der Waals surface area (Å²) in [5.74, 6) is -0.763. The zero-order valence-corrected chi connectivity index (χ0v) is 10.5. The minimum Gasteiger partial charge on any atom is -0.409 e. The van der Waals surface area contributed by atoms with Crippen LogP contribution in [0.15, 0.2) is 34.3 Å². The van der Waals surface area contributed by atoms with Gasteiger partial charge in [-0.1, -0.05) is 12.1 Å². The summed E-state index contributed by atoms with van der Waals surface area (Å²) >= 11 is 0. The molecule has 1 rings (SSSR count).